The van der Waals surface area contributed by atoms with E-state index in [9.17, 15) is 0 Å². The molecule has 0 bridgehead atoms. The first kappa shape index (κ1) is 23.7. The van der Waals surface area contributed by atoms with E-state index in [4.69, 9.17) is 4.74 Å². The smallest absolute Gasteiger partial charge is 0.139 e. The monoisotopic (exact) mass is 539 g/mol. The number of allylic oxidation sites excluding steroid dienone is 2. The Bertz CT molecular complexity index is 2030. The van der Waals surface area contributed by atoms with Gasteiger partial charge in [-0.2, -0.15) is 0 Å². The Morgan fingerprint density at radius 3 is 2.26 bits per heavy atom. The molecule has 0 saturated carbocycles. The van der Waals surface area contributed by atoms with Gasteiger partial charge in [0, 0.05) is 39.8 Å². The predicted molar refractivity (Wildman–Crippen MR) is 170 cm³/mol. The fraction of sp³-hybridized carbons (Fsp3) is 0.125. The second kappa shape index (κ2) is 9.03. The molecule has 0 saturated heterocycles. The van der Waals surface area contributed by atoms with Crippen molar-refractivity contribution in [3.63, 3.8) is 0 Å². The summed E-state index contributed by atoms with van der Waals surface area (Å²) < 4.78 is 6.89. The van der Waals surface area contributed by atoms with E-state index in [0.29, 0.717) is 11.8 Å². The van der Waals surface area contributed by atoms with Crippen LogP contribution in [-0.4, -0.2) is 4.98 Å². The Morgan fingerprint density at radius 1 is 0.643 bits per heavy atom. The lowest BCUT2D eigenvalue weighted by Gasteiger charge is -2.44. The molecule has 2 nitrogen and oxygen atoms in total. The summed E-state index contributed by atoms with van der Waals surface area (Å²) in [5, 5.41) is 1.15. The van der Waals surface area contributed by atoms with Gasteiger partial charge in [-0.05, 0) is 53.1 Å². The molecule has 0 N–H and O–H groups in total. The number of benzene rings is 5. The molecule has 2 aliphatic carbocycles. The van der Waals surface area contributed by atoms with E-state index in [1.165, 1.54) is 22.3 Å². The van der Waals surface area contributed by atoms with Crippen LogP contribution in [0.15, 0.2) is 140 Å². The predicted octanol–water partition coefficient (Wildman–Crippen LogP) is 10.1. The van der Waals surface area contributed by atoms with Gasteiger partial charge in [0.25, 0.3) is 0 Å². The van der Waals surface area contributed by atoms with Crippen molar-refractivity contribution >= 4 is 10.9 Å². The molecule has 5 aromatic carbocycles. The van der Waals surface area contributed by atoms with Gasteiger partial charge in [0.1, 0.15) is 11.5 Å². The van der Waals surface area contributed by atoms with E-state index >= 15 is 0 Å². The summed E-state index contributed by atoms with van der Waals surface area (Å²) in [6.07, 6.45) is 8.98. The normalized spacial score (nSPS) is 21.3. The quantitative estimate of drug-likeness (QED) is 0.204. The standard InChI is InChI=1S/C40H29NO/c1-3-16-33-31(12-1)32-13-2-4-17-34(32)40(33)35-18-5-6-20-37(35)42-39-30(15-8-19-36(39)40)27-23-21-26(22-24-27)29-14-7-10-28-11-9-25-41-38(28)29/h1-3,5-16,18-25,32,34H,4,17H2. The second-order valence-electron chi connectivity index (χ2n) is 11.8. The number of nitrogens with zero attached hydrogens (tertiary/aromatic N) is 1. The molecule has 42 heavy (non-hydrogen) atoms. The summed E-state index contributed by atoms with van der Waals surface area (Å²) in [6.45, 7) is 0. The molecule has 3 aliphatic rings. The van der Waals surface area contributed by atoms with Gasteiger partial charge in [-0.15, -0.1) is 0 Å². The number of para-hydroxylation sites is 3. The Labute approximate surface area is 246 Å². The van der Waals surface area contributed by atoms with Crippen LogP contribution in [0.1, 0.15) is 41.0 Å². The van der Waals surface area contributed by atoms with Crippen LogP contribution in [0, 0.1) is 5.92 Å². The van der Waals surface area contributed by atoms with Crippen LogP contribution in [0.3, 0.4) is 0 Å². The minimum atomic E-state index is -0.249. The van der Waals surface area contributed by atoms with E-state index in [1.807, 2.05) is 12.3 Å². The van der Waals surface area contributed by atoms with E-state index in [-0.39, 0.29) is 5.41 Å². The minimum absolute atomic E-state index is 0.249. The fourth-order valence-electron chi connectivity index (χ4n) is 8.16. The van der Waals surface area contributed by atoms with Gasteiger partial charge in [0.05, 0.1) is 10.9 Å². The maximum absolute atomic E-state index is 6.89. The molecule has 9 rings (SSSR count). The van der Waals surface area contributed by atoms with Crippen LogP contribution in [0.4, 0.5) is 0 Å². The van der Waals surface area contributed by atoms with Gasteiger partial charge in [0.2, 0.25) is 0 Å². The molecule has 0 amide bonds. The molecule has 0 fully saturated rings. The minimum Gasteiger partial charge on any atom is -0.456 e. The third-order valence-corrected chi connectivity index (χ3v) is 9.83. The Hall–Kier alpha value is -4.95. The summed E-state index contributed by atoms with van der Waals surface area (Å²) in [4.78, 5) is 4.68. The SMILES string of the molecule is C1=CC2c3ccccc3C3(c4ccccc4Oc4c(-c5ccc(-c6cccc7cccnc67)cc5)cccc43)C2CC1. The van der Waals surface area contributed by atoms with Crippen molar-refractivity contribution in [3.05, 3.63) is 162 Å². The lowest BCUT2D eigenvalue weighted by Crippen LogP contribution is -2.38. The molecule has 0 radical (unpaired) electrons. The molecule has 1 aromatic heterocycles. The first-order valence-corrected chi connectivity index (χ1v) is 15.0. The van der Waals surface area contributed by atoms with Crippen LogP contribution in [-0.2, 0) is 5.41 Å². The van der Waals surface area contributed by atoms with Crippen molar-refractivity contribution in [2.24, 2.45) is 5.92 Å². The zero-order valence-electron chi connectivity index (χ0n) is 23.2. The largest absolute Gasteiger partial charge is 0.456 e. The molecule has 1 aliphatic heterocycles. The lowest BCUT2D eigenvalue weighted by molar-refractivity contribution is 0.312. The summed E-state index contributed by atoms with van der Waals surface area (Å²) in [5.74, 6) is 2.81. The second-order valence-corrected chi connectivity index (χ2v) is 11.8. The van der Waals surface area contributed by atoms with E-state index in [1.54, 1.807) is 0 Å². The van der Waals surface area contributed by atoms with Crippen LogP contribution in [0.25, 0.3) is 33.2 Å². The van der Waals surface area contributed by atoms with Crippen LogP contribution in [0.5, 0.6) is 11.5 Å². The number of hydrogen-bond donors (Lipinski definition) is 0. The first-order valence-electron chi connectivity index (χ1n) is 15.0. The van der Waals surface area contributed by atoms with Gasteiger partial charge in [-0.25, -0.2) is 0 Å². The first-order chi connectivity index (χ1) is 20.8. The molecule has 2 heteroatoms. The molecule has 200 valence electrons. The number of hydrogen-bond acceptors (Lipinski definition) is 2. The highest BCUT2D eigenvalue weighted by atomic mass is 16.5. The maximum Gasteiger partial charge on any atom is 0.139 e. The van der Waals surface area contributed by atoms with E-state index in [2.05, 4.69) is 132 Å². The summed E-state index contributed by atoms with van der Waals surface area (Å²) in [7, 11) is 0. The third-order valence-electron chi connectivity index (χ3n) is 9.83. The highest BCUT2D eigenvalue weighted by Crippen LogP contribution is 2.66. The fourth-order valence-corrected chi connectivity index (χ4v) is 8.16. The third kappa shape index (κ3) is 3.18. The molecule has 2 heterocycles. The van der Waals surface area contributed by atoms with Crippen molar-refractivity contribution in [1.29, 1.82) is 0 Å². The lowest BCUT2D eigenvalue weighted by atomic mass is 9.60. The highest BCUT2D eigenvalue weighted by Gasteiger charge is 2.57. The zero-order chi connectivity index (χ0) is 27.7. The number of fused-ring (bicyclic) bond motifs is 10. The van der Waals surface area contributed by atoms with Crippen molar-refractivity contribution in [1.82, 2.24) is 4.98 Å². The van der Waals surface area contributed by atoms with Gasteiger partial charge < -0.3 is 4.74 Å². The van der Waals surface area contributed by atoms with Gasteiger partial charge in [-0.3, -0.25) is 4.98 Å². The van der Waals surface area contributed by atoms with Crippen molar-refractivity contribution in [3.8, 4) is 33.8 Å². The summed E-state index contributed by atoms with van der Waals surface area (Å²) >= 11 is 0. The molecule has 3 unspecified atom stereocenters. The van der Waals surface area contributed by atoms with Crippen LogP contribution < -0.4 is 4.74 Å². The average Bonchev–Trinajstić information content (AvgIpc) is 3.35. The van der Waals surface area contributed by atoms with Gasteiger partial charge in [0.15, 0.2) is 0 Å². The molecular weight excluding hydrogens is 510 g/mol. The maximum atomic E-state index is 6.89. The molecule has 1 spiro atoms. The summed E-state index contributed by atoms with van der Waals surface area (Å²) in [6, 6.07) is 44.0. The van der Waals surface area contributed by atoms with E-state index in [0.717, 1.165) is 57.5 Å². The molecular formula is C40H29NO. The van der Waals surface area contributed by atoms with Gasteiger partial charge >= 0.3 is 0 Å². The van der Waals surface area contributed by atoms with Crippen molar-refractivity contribution < 1.29 is 4.74 Å². The van der Waals surface area contributed by atoms with Crippen LogP contribution >= 0.6 is 0 Å². The Balaban J connectivity index is 1.24. The zero-order valence-corrected chi connectivity index (χ0v) is 23.2. The Morgan fingerprint density at radius 2 is 1.36 bits per heavy atom. The number of aromatic nitrogens is 1. The van der Waals surface area contributed by atoms with Crippen molar-refractivity contribution in [2.75, 3.05) is 0 Å². The summed E-state index contributed by atoms with van der Waals surface area (Å²) in [5.41, 5.74) is 10.9. The number of rotatable bonds is 2. The van der Waals surface area contributed by atoms with E-state index < -0.39 is 0 Å². The number of pyridine rings is 1. The number of ether oxygens (including phenoxy) is 1. The molecule has 3 atom stereocenters. The van der Waals surface area contributed by atoms with Crippen LogP contribution in [0.2, 0.25) is 0 Å². The topological polar surface area (TPSA) is 22.1 Å². The molecule has 6 aromatic rings. The van der Waals surface area contributed by atoms with Crippen molar-refractivity contribution in [2.45, 2.75) is 24.2 Å². The average molecular weight is 540 g/mol. The Kier molecular flexibility index (Phi) is 5.10. The van der Waals surface area contributed by atoms with Gasteiger partial charge in [-0.1, -0.05) is 121 Å². The highest BCUT2D eigenvalue weighted by molar-refractivity contribution is 5.94.